The van der Waals surface area contributed by atoms with Gasteiger partial charge in [-0.3, -0.25) is 0 Å². The molecule has 0 bridgehead atoms. The van der Waals surface area contributed by atoms with Gasteiger partial charge in [0.2, 0.25) is 0 Å². The molecule has 4 nitrogen and oxygen atoms in total. The zero-order valence-electron chi connectivity index (χ0n) is 8.47. The summed E-state index contributed by atoms with van der Waals surface area (Å²) in [6.45, 7) is 3.02. The minimum Gasteiger partial charge on any atom is -0.341 e. The van der Waals surface area contributed by atoms with E-state index in [1.54, 1.807) is 11.9 Å². The van der Waals surface area contributed by atoms with Crippen molar-refractivity contribution in [3.63, 3.8) is 0 Å². The third-order valence-electron chi connectivity index (χ3n) is 2.49. The fraction of sp³-hybridized carbons (Fsp3) is 0.889. The lowest BCUT2D eigenvalue weighted by Crippen LogP contribution is -2.42. The number of nitrogens with one attached hydrogen (secondary N) is 2. The maximum absolute atomic E-state index is 11.2. The molecule has 1 unspecified atom stereocenters. The van der Waals surface area contributed by atoms with Gasteiger partial charge in [-0.25, -0.2) is 4.79 Å². The first-order valence-electron chi connectivity index (χ1n) is 4.87. The number of amides is 2. The minimum atomic E-state index is 0.00516. The molecule has 0 aromatic heterocycles. The molecule has 13 heavy (non-hydrogen) atoms. The number of piperidine rings is 1. The van der Waals surface area contributed by atoms with Gasteiger partial charge in [-0.1, -0.05) is 0 Å². The average Bonchev–Trinajstić information content (AvgIpc) is 2.18. The van der Waals surface area contributed by atoms with Crippen molar-refractivity contribution in [2.75, 3.05) is 33.7 Å². The van der Waals surface area contributed by atoms with E-state index in [1.165, 1.54) is 12.8 Å². The van der Waals surface area contributed by atoms with Crippen LogP contribution in [0, 0.1) is 5.92 Å². The van der Waals surface area contributed by atoms with Crippen LogP contribution in [0.3, 0.4) is 0 Å². The summed E-state index contributed by atoms with van der Waals surface area (Å²) in [5.41, 5.74) is 0. The van der Waals surface area contributed by atoms with Crippen molar-refractivity contribution in [2.45, 2.75) is 12.8 Å². The molecular formula is C9H19N3O. The molecule has 2 amide bonds. The zero-order chi connectivity index (χ0) is 9.68. The molecular weight excluding hydrogens is 166 g/mol. The number of urea groups is 1. The quantitative estimate of drug-likeness (QED) is 0.648. The Hall–Kier alpha value is -0.770. The van der Waals surface area contributed by atoms with Gasteiger partial charge < -0.3 is 15.5 Å². The van der Waals surface area contributed by atoms with Crippen LogP contribution in [0.2, 0.25) is 0 Å². The Kier molecular flexibility index (Phi) is 4.02. The van der Waals surface area contributed by atoms with E-state index >= 15 is 0 Å². The lowest BCUT2D eigenvalue weighted by atomic mass is 9.99. The molecule has 1 atom stereocenters. The average molecular weight is 185 g/mol. The van der Waals surface area contributed by atoms with Crippen molar-refractivity contribution in [2.24, 2.45) is 5.92 Å². The van der Waals surface area contributed by atoms with E-state index in [9.17, 15) is 4.79 Å². The largest absolute Gasteiger partial charge is 0.341 e. The molecule has 0 aliphatic carbocycles. The van der Waals surface area contributed by atoms with E-state index in [4.69, 9.17) is 0 Å². The second kappa shape index (κ2) is 5.07. The van der Waals surface area contributed by atoms with E-state index < -0.39 is 0 Å². The van der Waals surface area contributed by atoms with Gasteiger partial charge in [-0.05, 0) is 31.8 Å². The van der Waals surface area contributed by atoms with Crippen LogP contribution in [-0.4, -0.2) is 44.7 Å². The number of carbonyl (C=O) groups excluding carboxylic acids is 1. The van der Waals surface area contributed by atoms with Crippen LogP contribution in [0.25, 0.3) is 0 Å². The molecule has 76 valence electrons. The van der Waals surface area contributed by atoms with E-state index in [1.807, 2.05) is 7.05 Å². The number of carbonyl (C=O) groups is 1. The lowest BCUT2D eigenvalue weighted by molar-refractivity contribution is 0.197. The van der Waals surface area contributed by atoms with Crippen molar-refractivity contribution in [1.29, 1.82) is 0 Å². The third-order valence-corrected chi connectivity index (χ3v) is 2.49. The van der Waals surface area contributed by atoms with Crippen LogP contribution in [-0.2, 0) is 0 Å². The zero-order valence-corrected chi connectivity index (χ0v) is 8.47. The van der Waals surface area contributed by atoms with Crippen molar-refractivity contribution < 1.29 is 4.79 Å². The van der Waals surface area contributed by atoms with Gasteiger partial charge >= 0.3 is 6.03 Å². The number of hydrogen-bond donors (Lipinski definition) is 2. The van der Waals surface area contributed by atoms with Crippen molar-refractivity contribution in [3.8, 4) is 0 Å². The molecule has 2 N–H and O–H groups in total. The van der Waals surface area contributed by atoms with E-state index in [2.05, 4.69) is 10.6 Å². The summed E-state index contributed by atoms with van der Waals surface area (Å²) in [4.78, 5) is 12.9. The van der Waals surface area contributed by atoms with Gasteiger partial charge in [0.05, 0.1) is 0 Å². The monoisotopic (exact) mass is 185 g/mol. The molecule has 0 radical (unpaired) electrons. The van der Waals surface area contributed by atoms with E-state index in [0.29, 0.717) is 5.92 Å². The fourth-order valence-electron chi connectivity index (χ4n) is 1.74. The molecule has 0 saturated carbocycles. The molecule has 1 rings (SSSR count). The number of hydrogen-bond acceptors (Lipinski definition) is 2. The first-order chi connectivity index (χ1) is 6.24. The molecule has 1 aliphatic rings. The Morgan fingerprint density at radius 3 is 3.00 bits per heavy atom. The Bertz CT molecular complexity index is 166. The Balaban J connectivity index is 2.25. The summed E-state index contributed by atoms with van der Waals surface area (Å²) in [6.07, 6.45) is 2.46. The van der Waals surface area contributed by atoms with Crippen LogP contribution < -0.4 is 10.6 Å². The standard InChI is InChI=1S/C9H19N3O/c1-10-9(13)12(2)7-8-4-3-5-11-6-8/h8,11H,3-7H2,1-2H3,(H,10,13). The molecule has 1 fully saturated rings. The second-order valence-corrected chi connectivity index (χ2v) is 3.65. The highest BCUT2D eigenvalue weighted by atomic mass is 16.2. The molecule has 1 heterocycles. The van der Waals surface area contributed by atoms with Crippen LogP contribution in [0.5, 0.6) is 0 Å². The second-order valence-electron chi connectivity index (χ2n) is 3.65. The predicted octanol–water partition coefficient (Wildman–Crippen LogP) is 0.257. The van der Waals surface area contributed by atoms with Gasteiger partial charge in [-0.2, -0.15) is 0 Å². The van der Waals surface area contributed by atoms with Crippen molar-refractivity contribution >= 4 is 6.03 Å². The highest BCUT2D eigenvalue weighted by Gasteiger charge is 2.16. The molecule has 1 saturated heterocycles. The first-order valence-corrected chi connectivity index (χ1v) is 4.87. The van der Waals surface area contributed by atoms with Crippen molar-refractivity contribution in [1.82, 2.24) is 15.5 Å². The normalized spacial score (nSPS) is 22.5. The summed E-state index contributed by atoms with van der Waals surface area (Å²) >= 11 is 0. The van der Waals surface area contributed by atoms with Gasteiger partial charge in [0, 0.05) is 20.6 Å². The van der Waals surface area contributed by atoms with Gasteiger partial charge in [0.15, 0.2) is 0 Å². The SMILES string of the molecule is CNC(=O)N(C)CC1CCCNC1. The summed E-state index contributed by atoms with van der Waals surface area (Å²) in [7, 11) is 3.51. The first kappa shape index (κ1) is 10.3. The third kappa shape index (κ3) is 3.22. The molecule has 4 heteroatoms. The molecule has 0 spiro atoms. The summed E-state index contributed by atoms with van der Waals surface area (Å²) in [5.74, 6) is 0.621. The van der Waals surface area contributed by atoms with Gasteiger partial charge in [0.25, 0.3) is 0 Å². The molecule has 0 aromatic carbocycles. The minimum absolute atomic E-state index is 0.00516. The maximum Gasteiger partial charge on any atom is 0.316 e. The Morgan fingerprint density at radius 1 is 1.69 bits per heavy atom. The van der Waals surface area contributed by atoms with Crippen LogP contribution in [0.15, 0.2) is 0 Å². The smallest absolute Gasteiger partial charge is 0.316 e. The summed E-state index contributed by atoms with van der Waals surface area (Å²) in [6, 6.07) is 0.00516. The van der Waals surface area contributed by atoms with Crippen LogP contribution in [0.4, 0.5) is 4.79 Å². The van der Waals surface area contributed by atoms with E-state index in [0.717, 1.165) is 19.6 Å². The highest BCUT2D eigenvalue weighted by molar-refractivity contribution is 5.73. The number of rotatable bonds is 2. The van der Waals surface area contributed by atoms with Crippen LogP contribution in [0.1, 0.15) is 12.8 Å². The fourth-order valence-corrected chi connectivity index (χ4v) is 1.74. The Morgan fingerprint density at radius 2 is 2.46 bits per heavy atom. The molecule has 0 aromatic rings. The Labute approximate surface area is 79.7 Å². The lowest BCUT2D eigenvalue weighted by Gasteiger charge is -2.27. The van der Waals surface area contributed by atoms with E-state index in [-0.39, 0.29) is 6.03 Å². The topological polar surface area (TPSA) is 44.4 Å². The van der Waals surface area contributed by atoms with Gasteiger partial charge in [0.1, 0.15) is 0 Å². The maximum atomic E-state index is 11.2. The summed E-state index contributed by atoms with van der Waals surface area (Å²) < 4.78 is 0. The van der Waals surface area contributed by atoms with Crippen molar-refractivity contribution in [3.05, 3.63) is 0 Å². The summed E-state index contributed by atoms with van der Waals surface area (Å²) in [5, 5.41) is 5.96. The predicted molar refractivity (Wildman–Crippen MR) is 52.7 cm³/mol. The number of nitrogens with zero attached hydrogens (tertiary/aromatic N) is 1. The van der Waals surface area contributed by atoms with Gasteiger partial charge in [-0.15, -0.1) is 0 Å². The highest BCUT2D eigenvalue weighted by Crippen LogP contribution is 2.10. The molecule has 1 aliphatic heterocycles. The van der Waals surface area contributed by atoms with Crippen LogP contribution >= 0.6 is 0 Å².